The van der Waals surface area contributed by atoms with E-state index in [0.29, 0.717) is 36.8 Å². The first-order chi connectivity index (χ1) is 10.1. The number of carbonyl (C=O) groups is 1. The van der Waals surface area contributed by atoms with Crippen LogP contribution in [0, 0.1) is 5.41 Å². The number of aliphatic hydroxyl groups is 1. The summed E-state index contributed by atoms with van der Waals surface area (Å²) in [6.07, 6.45) is 1.94. The average molecular weight is 293 g/mol. The van der Waals surface area contributed by atoms with Crippen LogP contribution in [0.3, 0.4) is 0 Å². The number of rotatable bonds is 8. The first-order valence-corrected chi connectivity index (χ1v) is 7.43. The maximum atomic E-state index is 12.2. The van der Waals surface area contributed by atoms with E-state index in [-0.39, 0.29) is 17.9 Å². The molecule has 0 bridgehead atoms. The third-order valence-corrected chi connectivity index (χ3v) is 3.72. The summed E-state index contributed by atoms with van der Waals surface area (Å²) in [5.74, 6) is 1.07. The van der Waals surface area contributed by atoms with Gasteiger partial charge in [0.05, 0.1) is 19.8 Å². The summed E-state index contributed by atoms with van der Waals surface area (Å²) in [4.78, 5) is 12.2. The SMILES string of the molecule is CCOc1ccc(C(=O)NCC2(CO)CC2)cc1OCC. The Kier molecular flexibility index (Phi) is 5.07. The highest BCUT2D eigenvalue weighted by atomic mass is 16.5. The number of carbonyl (C=O) groups excluding carboxylic acids is 1. The number of aliphatic hydroxyl groups excluding tert-OH is 1. The first kappa shape index (κ1) is 15.6. The fraction of sp³-hybridized carbons (Fsp3) is 0.562. The van der Waals surface area contributed by atoms with Crippen molar-refractivity contribution in [3.05, 3.63) is 23.8 Å². The summed E-state index contributed by atoms with van der Waals surface area (Å²) in [5, 5.41) is 12.1. The summed E-state index contributed by atoms with van der Waals surface area (Å²) in [6.45, 7) is 5.49. The van der Waals surface area contributed by atoms with Crippen molar-refractivity contribution < 1.29 is 19.4 Å². The summed E-state index contributed by atoms with van der Waals surface area (Å²) >= 11 is 0. The van der Waals surface area contributed by atoms with Gasteiger partial charge in [0, 0.05) is 17.5 Å². The molecule has 0 unspecified atom stereocenters. The third-order valence-electron chi connectivity index (χ3n) is 3.72. The van der Waals surface area contributed by atoms with Crippen LogP contribution in [0.5, 0.6) is 11.5 Å². The van der Waals surface area contributed by atoms with E-state index in [9.17, 15) is 9.90 Å². The molecule has 0 heterocycles. The molecule has 0 radical (unpaired) electrons. The lowest BCUT2D eigenvalue weighted by Crippen LogP contribution is -2.31. The van der Waals surface area contributed by atoms with Crippen LogP contribution in [-0.4, -0.2) is 37.4 Å². The molecule has 5 nitrogen and oxygen atoms in total. The molecule has 1 aromatic rings. The van der Waals surface area contributed by atoms with E-state index in [1.54, 1.807) is 18.2 Å². The zero-order valence-electron chi connectivity index (χ0n) is 12.6. The van der Waals surface area contributed by atoms with Crippen molar-refractivity contribution in [2.24, 2.45) is 5.41 Å². The molecule has 1 fully saturated rings. The molecular weight excluding hydrogens is 270 g/mol. The van der Waals surface area contributed by atoms with Crippen LogP contribution in [0.2, 0.25) is 0 Å². The van der Waals surface area contributed by atoms with Crippen LogP contribution in [0.4, 0.5) is 0 Å². The first-order valence-electron chi connectivity index (χ1n) is 7.43. The highest BCUT2D eigenvalue weighted by Gasteiger charge is 2.42. The molecule has 0 atom stereocenters. The molecule has 0 aliphatic heterocycles. The van der Waals surface area contributed by atoms with E-state index in [1.807, 2.05) is 13.8 Å². The molecule has 2 rings (SSSR count). The monoisotopic (exact) mass is 293 g/mol. The van der Waals surface area contributed by atoms with Crippen LogP contribution in [0.25, 0.3) is 0 Å². The maximum absolute atomic E-state index is 12.2. The van der Waals surface area contributed by atoms with Gasteiger partial charge in [-0.1, -0.05) is 0 Å². The number of hydrogen-bond acceptors (Lipinski definition) is 4. The number of benzene rings is 1. The summed E-state index contributed by atoms with van der Waals surface area (Å²) in [6, 6.07) is 5.17. The zero-order valence-corrected chi connectivity index (χ0v) is 12.6. The minimum Gasteiger partial charge on any atom is -0.490 e. The smallest absolute Gasteiger partial charge is 0.251 e. The maximum Gasteiger partial charge on any atom is 0.251 e. The fourth-order valence-electron chi connectivity index (χ4n) is 2.13. The van der Waals surface area contributed by atoms with Crippen LogP contribution in [0.1, 0.15) is 37.0 Å². The molecule has 21 heavy (non-hydrogen) atoms. The van der Waals surface area contributed by atoms with E-state index in [1.165, 1.54) is 0 Å². The highest BCUT2D eigenvalue weighted by molar-refractivity contribution is 5.94. The van der Waals surface area contributed by atoms with Crippen molar-refractivity contribution in [1.82, 2.24) is 5.32 Å². The van der Waals surface area contributed by atoms with Gasteiger partial charge in [0.25, 0.3) is 5.91 Å². The lowest BCUT2D eigenvalue weighted by molar-refractivity contribution is 0.0934. The Morgan fingerprint density at radius 2 is 1.90 bits per heavy atom. The van der Waals surface area contributed by atoms with Gasteiger partial charge in [-0.15, -0.1) is 0 Å². The van der Waals surface area contributed by atoms with Gasteiger partial charge in [0.15, 0.2) is 11.5 Å². The molecule has 0 saturated heterocycles. The quantitative estimate of drug-likeness (QED) is 0.769. The predicted molar refractivity (Wildman–Crippen MR) is 79.9 cm³/mol. The Hall–Kier alpha value is -1.75. The molecule has 1 aliphatic rings. The van der Waals surface area contributed by atoms with Crippen LogP contribution in [0.15, 0.2) is 18.2 Å². The summed E-state index contributed by atoms with van der Waals surface area (Å²) in [7, 11) is 0. The molecule has 0 aromatic heterocycles. The lowest BCUT2D eigenvalue weighted by Gasteiger charge is -2.14. The number of amides is 1. The molecule has 2 N–H and O–H groups in total. The van der Waals surface area contributed by atoms with Gasteiger partial charge in [-0.2, -0.15) is 0 Å². The van der Waals surface area contributed by atoms with E-state index in [4.69, 9.17) is 9.47 Å². The van der Waals surface area contributed by atoms with E-state index in [0.717, 1.165) is 12.8 Å². The third kappa shape index (κ3) is 3.88. The van der Waals surface area contributed by atoms with Crippen LogP contribution in [-0.2, 0) is 0 Å². The normalized spacial score (nSPS) is 15.4. The Morgan fingerprint density at radius 1 is 1.24 bits per heavy atom. The van der Waals surface area contributed by atoms with Crippen molar-refractivity contribution in [3.8, 4) is 11.5 Å². The molecule has 1 amide bonds. The number of hydrogen-bond donors (Lipinski definition) is 2. The van der Waals surface area contributed by atoms with Gasteiger partial charge in [0.2, 0.25) is 0 Å². The second kappa shape index (κ2) is 6.80. The van der Waals surface area contributed by atoms with Gasteiger partial charge in [-0.25, -0.2) is 0 Å². The van der Waals surface area contributed by atoms with E-state index < -0.39 is 0 Å². The van der Waals surface area contributed by atoms with Crippen LogP contribution < -0.4 is 14.8 Å². The Balaban J connectivity index is 2.04. The summed E-state index contributed by atoms with van der Waals surface area (Å²) in [5.41, 5.74) is 0.444. The average Bonchev–Trinajstić information content (AvgIpc) is 3.28. The number of ether oxygens (including phenoxy) is 2. The molecule has 1 saturated carbocycles. The van der Waals surface area contributed by atoms with Crippen molar-refractivity contribution in [2.45, 2.75) is 26.7 Å². The molecular formula is C16H23NO4. The van der Waals surface area contributed by atoms with Crippen molar-refractivity contribution >= 4 is 5.91 Å². The van der Waals surface area contributed by atoms with Crippen molar-refractivity contribution in [3.63, 3.8) is 0 Å². The van der Waals surface area contributed by atoms with Gasteiger partial charge < -0.3 is 19.9 Å². The van der Waals surface area contributed by atoms with Gasteiger partial charge in [-0.05, 0) is 44.9 Å². The van der Waals surface area contributed by atoms with Gasteiger partial charge in [0.1, 0.15) is 0 Å². The van der Waals surface area contributed by atoms with E-state index >= 15 is 0 Å². The largest absolute Gasteiger partial charge is 0.490 e. The Bertz CT molecular complexity index is 497. The molecule has 0 spiro atoms. The minimum absolute atomic E-state index is 0.0936. The minimum atomic E-state index is -0.154. The zero-order chi connectivity index (χ0) is 15.3. The Labute approximate surface area is 125 Å². The molecule has 5 heteroatoms. The van der Waals surface area contributed by atoms with Crippen LogP contribution >= 0.6 is 0 Å². The molecule has 116 valence electrons. The Morgan fingerprint density at radius 3 is 2.48 bits per heavy atom. The summed E-state index contributed by atoms with van der Waals surface area (Å²) < 4.78 is 11.0. The van der Waals surface area contributed by atoms with Crippen molar-refractivity contribution in [1.29, 1.82) is 0 Å². The predicted octanol–water partition coefficient (Wildman–Crippen LogP) is 1.99. The fourth-order valence-corrected chi connectivity index (χ4v) is 2.13. The highest BCUT2D eigenvalue weighted by Crippen LogP contribution is 2.44. The van der Waals surface area contributed by atoms with E-state index in [2.05, 4.69) is 5.32 Å². The van der Waals surface area contributed by atoms with Gasteiger partial charge >= 0.3 is 0 Å². The number of nitrogens with one attached hydrogen (secondary N) is 1. The van der Waals surface area contributed by atoms with Gasteiger partial charge in [-0.3, -0.25) is 4.79 Å². The molecule has 1 aromatic carbocycles. The second-order valence-corrected chi connectivity index (χ2v) is 5.37. The second-order valence-electron chi connectivity index (χ2n) is 5.37. The standard InChI is InChI=1S/C16H23NO4/c1-3-20-13-6-5-12(9-14(13)21-4-2)15(19)17-10-16(11-18)7-8-16/h5-6,9,18H,3-4,7-8,10-11H2,1-2H3,(H,17,19). The lowest BCUT2D eigenvalue weighted by atomic mass is 10.1. The topological polar surface area (TPSA) is 67.8 Å². The molecule has 1 aliphatic carbocycles. The van der Waals surface area contributed by atoms with Crippen molar-refractivity contribution in [2.75, 3.05) is 26.4 Å².